The number of hydrogen-bond acceptors (Lipinski definition) is 2. The highest BCUT2D eigenvalue weighted by atomic mass is 16.5. The molecule has 0 saturated carbocycles. The predicted octanol–water partition coefficient (Wildman–Crippen LogP) is 6.95. The molecule has 0 atom stereocenters. The Kier molecular flexibility index (Phi) is 4.07. The Morgan fingerprint density at radius 2 is 1.75 bits per heavy atom. The maximum absolute atomic E-state index is 6.71. The molecule has 0 bridgehead atoms. The summed E-state index contributed by atoms with van der Waals surface area (Å²) in [7, 11) is 2.09. The highest BCUT2D eigenvalue weighted by molar-refractivity contribution is 6.14. The van der Waals surface area contributed by atoms with E-state index in [-0.39, 0.29) is 0 Å². The third-order valence-corrected chi connectivity index (χ3v) is 6.84. The first-order valence-corrected chi connectivity index (χ1v) is 11.4. The maximum Gasteiger partial charge on any atom is 0.287 e. The van der Waals surface area contributed by atoms with Gasteiger partial charge in [0.15, 0.2) is 11.2 Å². The number of hydrogen-bond donors (Lipinski definition) is 0. The predicted molar refractivity (Wildman–Crippen MR) is 131 cm³/mol. The number of aryl methyl sites for hydroxylation is 3. The fraction of sp³-hybridized carbons (Fsp3) is 0.241. The second-order valence-corrected chi connectivity index (χ2v) is 9.56. The molecule has 5 aromatic rings. The Bertz CT molecular complexity index is 1580. The van der Waals surface area contributed by atoms with Crippen LogP contribution in [-0.4, -0.2) is 4.98 Å². The molecule has 0 fully saturated rings. The van der Waals surface area contributed by atoms with Crippen molar-refractivity contribution in [3.63, 3.8) is 0 Å². The van der Waals surface area contributed by atoms with Crippen molar-refractivity contribution in [2.75, 3.05) is 0 Å². The van der Waals surface area contributed by atoms with Crippen molar-refractivity contribution in [2.45, 2.75) is 34.1 Å². The van der Waals surface area contributed by atoms with Crippen molar-refractivity contribution in [3.8, 4) is 22.8 Å². The van der Waals surface area contributed by atoms with Crippen molar-refractivity contribution >= 4 is 32.4 Å². The first-order valence-electron chi connectivity index (χ1n) is 11.4. The van der Waals surface area contributed by atoms with E-state index in [1.807, 2.05) is 6.33 Å². The Morgan fingerprint density at radius 1 is 0.938 bits per heavy atom. The lowest BCUT2D eigenvalue weighted by atomic mass is 9.87. The first-order chi connectivity index (χ1) is 15.4. The molecule has 3 heteroatoms. The molecule has 1 aliphatic rings. The largest absolute Gasteiger partial charge is 0.455 e. The summed E-state index contributed by atoms with van der Waals surface area (Å²) in [5, 5.41) is 6.24. The maximum atomic E-state index is 6.71. The van der Waals surface area contributed by atoms with E-state index in [1.165, 1.54) is 49.5 Å². The van der Waals surface area contributed by atoms with Crippen LogP contribution in [0.1, 0.15) is 30.5 Å². The van der Waals surface area contributed by atoms with Crippen molar-refractivity contribution in [2.24, 2.45) is 13.0 Å². The molecule has 158 valence electrons. The van der Waals surface area contributed by atoms with Gasteiger partial charge in [-0.25, -0.2) is 4.57 Å². The van der Waals surface area contributed by atoms with Gasteiger partial charge in [0.05, 0.1) is 12.6 Å². The average Bonchev–Trinajstić information content (AvgIpc) is 2.78. The normalized spacial score (nSPS) is 12.6. The van der Waals surface area contributed by atoms with Gasteiger partial charge in [0, 0.05) is 5.56 Å². The van der Waals surface area contributed by atoms with Crippen LogP contribution < -0.4 is 9.30 Å². The summed E-state index contributed by atoms with van der Waals surface area (Å²) in [5.41, 5.74) is 7.11. The molecule has 0 spiro atoms. The van der Waals surface area contributed by atoms with Gasteiger partial charge in [0.2, 0.25) is 0 Å². The number of nitrogens with zero attached hydrogens (tertiary/aromatic N) is 2. The van der Waals surface area contributed by atoms with Gasteiger partial charge in [0.1, 0.15) is 16.9 Å². The minimum Gasteiger partial charge on any atom is -0.455 e. The lowest BCUT2D eigenvalue weighted by molar-refractivity contribution is -0.662. The van der Waals surface area contributed by atoms with Gasteiger partial charge < -0.3 is 4.74 Å². The van der Waals surface area contributed by atoms with E-state index >= 15 is 0 Å². The van der Waals surface area contributed by atoms with Crippen LogP contribution in [0.3, 0.4) is 0 Å². The van der Waals surface area contributed by atoms with E-state index in [9.17, 15) is 0 Å². The molecular weight excluding hydrogens is 392 g/mol. The molecule has 32 heavy (non-hydrogen) atoms. The zero-order chi connectivity index (χ0) is 22.1. The van der Waals surface area contributed by atoms with Crippen LogP contribution in [0.5, 0.6) is 11.5 Å². The monoisotopic (exact) mass is 419 g/mol. The summed E-state index contributed by atoms with van der Waals surface area (Å²) in [5.74, 6) is 2.48. The molecule has 4 aromatic carbocycles. The molecule has 0 N–H and O–H groups in total. The zero-order valence-corrected chi connectivity index (χ0v) is 19.3. The van der Waals surface area contributed by atoms with Crippen LogP contribution >= 0.6 is 0 Å². The standard InChI is InChI=1S/C29H27N2O/c1-16(2)12-19-13-23-27-24(14-19)32-29-17(3)21-11-10-20-8-6-7-9-22(20)25(21)18(4)26(29)28(27)31(5)15-30-23/h6-11,13-16H,12H2,1-5H3/q+1. The summed E-state index contributed by atoms with van der Waals surface area (Å²) in [6, 6.07) is 17.6. The molecule has 0 amide bonds. The van der Waals surface area contributed by atoms with Gasteiger partial charge in [-0.15, -0.1) is 0 Å². The summed E-state index contributed by atoms with van der Waals surface area (Å²) in [6.45, 7) is 8.93. The van der Waals surface area contributed by atoms with E-state index in [2.05, 4.69) is 87.8 Å². The van der Waals surface area contributed by atoms with Crippen LogP contribution in [-0.2, 0) is 13.5 Å². The lowest BCUT2D eigenvalue weighted by Gasteiger charge is -2.25. The molecule has 1 aliphatic heterocycles. The van der Waals surface area contributed by atoms with Gasteiger partial charge >= 0.3 is 0 Å². The van der Waals surface area contributed by atoms with Crippen molar-refractivity contribution in [3.05, 3.63) is 71.5 Å². The Labute approximate surface area is 188 Å². The molecule has 1 aromatic heterocycles. The number of fused-ring (bicyclic) bond motifs is 5. The topological polar surface area (TPSA) is 26.0 Å². The first kappa shape index (κ1) is 19.2. The van der Waals surface area contributed by atoms with Gasteiger partial charge in [0.25, 0.3) is 6.33 Å². The fourth-order valence-corrected chi connectivity index (χ4v) is 5.47. The molecular formula is C29H27N2O+. The summed E-state index contributed by atoms with van der Waals surface area (Å²) >= 11 is 0. The Balaban J connectivity index is 1.77. The van der Waals surface area contributed by atoms with E-state index in [4.69, 9.17) is 9.72 Å². The van der Waals surface area contributed by atoms with Crippen LogP contribution in [0.15, 0.2) is 54.9 Å². The summed E-state index contributed by atoms with van der Waals surface area (Å²) in [4.78, 5) is 4.77. The van der Waals surface area contributed by atoms with Gasteiger partial charge in [-0.2, -0.15) is 0 Å². The second kappa shape index (κ2) is 6.77. The highest BCUT2D eigenvalue weighted by Crippen LogP contribution is 2.51. The zero-order valence-electron chi connectivity index (χ0n) is 19.3. The Morgan fingerprint density at radius 3 is 2.56 bits per heavy atom. The minimum atomic E-state index is 0.580. The van der Waals surface area contributed by atoms with Crippen molar-refractivity contribution < 1.29 is 9.30 Å². The van der Waals surface area contributed by atoms with E-state index in [0.717, 1.165) is 28.8 Å². The highest BCUT2D eigenvalue weighted by Gasteiger charge is 2.32. The van der Waals surface area contributed by atoms with Crippen molar-refractivity contribution in [1.82, 2.24) is 4.98 Å². The van der Waals surface area contributed by atoms with Crippen LogP contribution in [0.4, 0.5) is 0 Å². The number of benzene rings is 4. The molecule has 0 saturated heterocycles. The van der Waals surface area contributed by atoms with E-state index in [0.29, 0.717) is 5.92 Å². The fourth-order valence-electron chi connectivity index (χ4n) is 5.47. The Hall–Kier alpha value is -3.46. The van der Waals surface area contributed by atoms with Gasteiger partial charge in [-0.1, -0.05) is 50.2 Å². The quantitative estimate of drug-likeness (QED) is 0.224. The molecule has 2 heterocycles. The third kappa shape index (κ3) is 2.60. The van der Waals surface area contributed by atoms with Gasteiger partial charge in [-0.3, -0.25) is 0 Å². The molecule has 6 rings (SSSR count). The summed E-state index contributed by atoms with van der Waals surface area (Å²) in [6.07, 6.45) is 2.96. The van der Waals surface area contributed by atoms with Crippen molar-refractivity contribution in [1.29, 1.82) is 0 Å². The van der Waals surface area contributed by atoms with E-state index < -0.39 is 0 Å². The molecule has 0 aliphatic carbocycles. The van der Waals surface area contributed by atoms with Crippen LogP contribution in [0.25, 0.3) is 43.7 Å². The van der Waals surface area contributed by atoms with Gasteiger partial charge in [-0.05, 0) is 76.0 Å². The average molecular weight is 420 g/mol. The molecule has 3 nitrogen and oxygen atoms in total. The number of aromatic nitrogens is 2. The smallest absolute Gasteiger partial charge is 0.287 e. The molecule has 0 unspecified atom stereocenters. The summed E-state index contributed by atoms with van der Waals surface area (Å²) < 4.78 is 8.86. The van der Waals surface area contributed by atoms with Crippen LogP contribution in [0.2, 0.25) is 0 Å². The number of ether oxygens (including phenoxy) is 1. The second-order valence-electron chi connectivity index (χ2n) is 9.56. The lowest BCUT2D eigenvalue weighted by Crippen LogP contribution is -2.33. The number of rotatable bonds is 2. The van der Waals surface area contributed by atoms with Crippen LogP contribution in [0, 0.1) is 19.8 Å². The molecule has 0 radical (unpaired) electrons. The van der Waals surface area contributed by atoms with E-state index in [1.54, 1.807) is 0 Å². The third-order valence-electron chi connectivity index (χ3n) is 6.84. The minimum absolute atomic E-state index is 0.580. The SMILES string of the molecule is Cc1c2c(c(C)c3c1ccc1ccccc13)-c1c3c(cc(CC(C)C)cc3nc[n+]1C)O2.